The highest BCUT2D eigenvalue weighted by molar-refractivity contribution is 6.01. The van der Waals surface area contributed by atoms with E-state index in [1.54, 1.807) is 0 Å². The van der Waals surface area contributed by atoms with Gasteiger partial charge >= 0.3 is 0 Å². The number of hydrogen-bond acceptors (Lipinski definition) is 3. The van der Waals surface area contributed by atoms with Gasteiger partial charge in [0, 0.05) is 34.6 Å². The van der Waals surface area contributed by atoms with Gasteiger partial charge in [0.05, 0.1) is 16.8 Å². The SMILES string of the molecule is c1ccc(-c2cc(-c3cccc(-c4ccc5c(c4-c4cccnc4)-c4ccccc4C5(c4ccccc4)c4ccccc4)c3)nc(-c3ccccc3)n2)cc1. The van der Waals surface area contributed by atoms with Gasteiger partial charge in [-0.2, -0.15) is 0 Å². The Morgan fingerprint density at radius 2 is 0.909 bits per heavy atom. The Labute approximate surface area is 321 Å². The van der Waals surface area contributed by atoms with Crippen LogP contribution in [0.25, 0.3) is 67.3 Å². The zero-order valence-corrected chi connectivity index (χ0v) is 30.0. The molecule has 0 saturated heterocycles. The van der Waals surface area contributed by atoms with Crippen molar-refractivity contribution < 1.29 is 0 Å². The van der Waals surface area contributed by atoms with Crippen molar-refractivity contribution in [1.29, 1.82) is 0 Å². The summed E-state index contributed by atoms with van der Waals surface area (Å²) in [6.07, 6.45) is 3.85. The van der Waals surface area contributed by atoms with E-state index in [0.29, 0.717) is 5.82 Å². The van der Waals surface area contributed by atoms with Crippen molar-refractivity contribution in [2.45, 2.75) is 5.41 Å². The molecule has 0 N–H and O–H groups in total. The predicted molar refractivity (Wildman–Crippen MR) is 224 cm³/mol. The molecular weight excluding hydrogens is 667 g/mol. The van der Waals surface area contributed by atoms with E-state index in [1.807, 2.05) is 42.7 Å². The Bertz CT molecular complexity index is 2690. The molecule has 0 atom stereocenters. The second-order valence-corrected chi connectivity index (χ2v) is 14.0. The highest BCUT2D eigenvalue weighted by Gasteiger charge is 2.47. The second kappa shape index (κ2) is 13.6. The summed E-state index contributed by atoms with van der Waals surface area (Å²) >= 11 is 0. The monoisotopic (exact) mass is 701 g/mol. The molecule has 3 nitrogen and oxygen atoms in total. The first-order valence-electron chi connectivity index (χ1n) is 18.7. The van der Waals surface area contributed by atoms with E-state index in [0.717, 1.165) is 44.8 Å². The number of pyridine rings is 1. The van der Waals surface area contributed by atoms with E-state index in [1.165, 1.54) is 38.9 Å². The molecule has 7 aromatic carbocycles. The fourth-order valence-electron chi connectivity index (χ4n) is 8.50. The van der Waals surface area contributed by atoms with Gasteiger partial charge in [0.25, 0.3) is 0 Å². The van der Waals surface area contributed by atoms with E-state index in [4.69, 9.17) is 9.97 Å². The van der Waals surface area contributed by atoms with Crippen LogP contribution in [0.5, 0.6) is 0 Å². The molecule has 3 heteroatoms. The van der Waals surface area contributed by atoms with E-state index in [-0.39, 0.29) is 0 Å². The molecule has 0 aliphatic heterocycles. The van der Waals surface area contributed by atoms with Crippen LogP contribution in [0.15, 0.2) is 213 Å². The van der Waals surface area contributed by atoms with Gasteiger partial charge in [-0.1, -0.05) is 182 Å². The van der Waals surface area contributed by atoms with E-state index in [9.17, 15) is 0 Å². The van der Waals surface area contributed by atoms with Crippen LogP contribution in [0.4, 0.5) is 0 Å². The average molecular weight is 702 g/mol. The van der Waals surface area contributed by atoms with E-state index in [2.05, 4.69) is 175 Å². The molecule has 2 heterocycles. The van der Waals surface area contributed by atoms with Gasteiger partial charge < -0.3 is 0 Å². The van der Waals surface area contributed by atoms with Crippen LogP contribution in [-0.4, -0.2) is 15.0 Å². The molecule has 1 aliphatic rings. The summed E-state index contributed by atoms with van der Waals surface area (Å²) in [7, 11) is 0. The summed E-state index contributed by atoms with van der Waals surface area (Å²) in [5.74, 6) is 0.700. The Kier molecular flexibility index (Phi) is 8.04. The second-order valence-electron chi connectivity index (χ2n) is 14.0. The van der Waals surface area contributed by atoms with Gasteiger partial charge in [0.2, 0.25) is 0 Å². The first kappa shape index (κ1) is 32.4. The molecule has 0 saturated carbocycles. The lowest BCUT2D eigenvalue weighted by Crippen LogP contribution is -2.28. The van der Waals surface area contributed by atoms with Crippen molar-refractivity contribution in [3.8, 4) is 67.3 Å². The fraction of sp³-hybridized carbons (Fsp3) is 0.0192. The third kappa shape index (κ3) is 5.48. The number of hydrogen-bond donors (Lipinski definition) is 0. The van der Waals surface area contributed by atoms with Crippen LogP contribution in [0.3, 0.4) is 0 Å². The standard InChI is InChI=1S/C52H35N3/c1-5-17-36(18-6-1)47-34-48(55-51(54-47)37-19-7-2-8-20-37)39-22-15-21-38(33-39)43-30-31-46-50(49(43)40-23-16-32-53-35-40)44-28-13-14-29-45(44)52(46,41-24-9-3-10-25-41)42-26-11-4-12-27-42/h1-35H. The summed E-state index contributed by atoms with van der Waals surface area (Å²) in [5, 5.41) is 0. The lowest BCUT2D eigenvalue weighted by molar-refractivity contribution is 0.768. The van der Waals surface area contributed by atoms with Gasteiger partial charge in [-0.05, 0) is 68.3 Å². The number of rotatable bonds is 7. The van der Waals surface area contributed by atoms with Crippen molar-refractivity contribution in [3.05, 3.63) is 235 Å². The minimum atomic E-state index is -0.506. The van der Waals surface area contributed by atoms with Gasteiger partial charge in [-0.25, -0.2) is 9.97 Å². The summed E-state index contributed by atoms with van der Waals surface area (Å²) in [6.45, 7) is 0. The smallest absolute Gasteiger partial charge is 0.160 e. The van der Waals surface area contributed by atoms with Crippen LogP contribution in [0, 0.1) is 0 Å². The predicted octanol–water partition coefficient (Wildman–Crippen LogP) is 12.6. The average Bonchev–Trinajstić information content (AvgIpc) is 3.58. The minimum absolute atomic E-state index is 0.506. The number of aromatic nitrogens is 3. The molecular formula is C52H35N3. The van der Waals surface area contributed by atoms with Gasteiger partial charge in [-0.3, -0.25) is 4.98 Å². The molecule has 10 rings (SSSR count). The number of fused-ring (bicyclic) bond motifs is 3. The molecule has 0 fully saturated rings. The molecule has 0 amide bonds. The maximum Gasteiger partial charge on any atom is 0.160 e. The lowest BCUT2D eigenvalue weighted by Gasteiger charge is -2.34. The maximum atomic E-state index is 5.17. The third-order valence-corrected chi connectivity index (χ3v) is 10.9. The topological polar surface area (TPSA) is 38.7 Å². The summed E-state index contributed by atoms with van der Waals surface area (Å²) in [5.41, 5.74) is 16.3. The molecule has 0 spiro atoms. The van der Waals surface area contributed by atoms with Crippen molar-refractivity contribution in [2.75, 3.05) is 0 Å². The van der Waals surface area contributed by atoms with Crippen LogP contribution < -0.4 is 0 Å². The third-order valence-electron chi connectivity index (χ3n) is 10.9. The van der Waals surface area contributed by atoms with E-state index < -0.39 is 5.41 Å². The van der Waals surface area contributed by atoms with Gasteiger partial charge in [-0.15, -0.1) is 0 Å². The first-order valence-corrected chi connectivity index (χ1v) is 18.7. The largest absolute Gasteiger partial charge is 0.264 e. The van der Waals surface area contributed by atoms with E-state index >= 15 is 0 Å². The first-order chi connectivity index (χ1) is 27.3. The Morgan fingerprint density at radius 3 is 1.58 bits per heavy atom. The summed E-state index contributed by atoms with van der Waals surface area (Å²) < 4.78 is 0. The zero-order chi connectivity index (χ0) is 36.6. The van der Waals surface area contributed by atoms with Crippen LogP contribution in [0.2, 0.25) is 0 Å². The van der Waals surface area contributed by atoms with Crippen molar-refractivity contribution in [2.24, 2.45) is 0 Å². The van der Waals surface area contributed by atoms with Crippen molar-refractivity contribution >= 4 is 0 Å². The fourth-order valence-corrected chi connectivity index (χ4v) is 8.50. The summed E-state index contributed by atoms with van der Waals surface area (Å²) in [4.78, 5) is 14.9. The minimum Gasteiger partial charge on any atom is -0.264 e. The Hall–Kier alpha value is -7.23. The molecule has 0 bridgehead atoms. The molecule has 0 unspecified atom stereocenters. The number of benzene rings is 7. The lowest BCUT2D eigenvalue weighted by atomic mass is 9.67. The Balaban J connectivity index is 1.22. The quantitative estimate of drug-likeness (QED) is 0.166. The van der Waals surface area contributed by atoms with Crippen molar-refractivity contribution in [3.63, 3.8) is 0 Å². The zero-order valence-electron chi connectivity index (χ0n) is 30.0. The van der Waals surface area contributed by atoms with Crippen LogP contribution in [-0.2, 0) is 5.41 Å². The van der Waals surface area contributed by atoms with Gasteiger partial charge in [0.15, 0.2) is 5.82 Å². The highest BCUT2D eigenvalue weighted by atomic mass is 14.9. The molecule has 1 aliphatic carbocycles. The normalized spacial score (nSPS) is 12.5. The van der Waals surface area contributed by atoms with Crippen molar-refractivity contribution in [1.82, 2.24) is 15.0 Å². The number of nitrogens with zero attached hydrogens (tertiary/aromatic N) is 3. The molecule has 2 aromatic heterocycles. The molecule has 258 valence electrons. The summed E-state index contributed by atoms with van der Waals surface area (Å²) in [6, 6.07) is 71.2. The molecule has 0 radical (unpaired) electrons. The van der Waals surface area contributed by atoms with Crippen LogP contribution >= 0.6 is 0 Å². The maximum absolute atomic E-state index is 5.17. The Morgan fingerprint density at radius 1 is 0.345 bits per heavy atom. The highest BCUT2D eigenvalue weighted by Crippen LogP contribution is 2.59. The molecule has 9 aromatic rings. The van der Waals surface area contributed by atoms with Crippen LogP contribution in [0.1, 0.15) is 22.3 Å². The molecule has 55 heavy (non-hydrogen) atoms. The van der Waals surface area contributed by atoms with Gasteiger partial charge in [0.1, 0.15) is 0 Å².